The van der Waals surface area contributed by atoms with Crippen LogP contribution in [0.5, 0.6) is 0 Å². The number of nitrogens with one attached hydrogen (secondary N) is 1. The van der Waals surface area contributed by atoms with Gasteiger partial charge in [0.1, 0.15) is 11.2 Å². The van der Waals surface area contributed by atoms with E-state index in [-0.39, 0.29) is 6.04 Å². The molecule has 0 saturated carbocycles. The van der Waals surface area contributed by atoms with Gasteiger partial charge in [0.05, 0.1) is 12.5 Å². The van der Waals surface area contributed by atoms with Gasteiger partial charge in [0, 0.05) is 27.9 Å². The minimum atomic E-state index is 0.226. The summed E-state index contributed by atoms with van der Waals surface area (Å²) < 4.78 is 11.2. The molecule has 0 fully saturated rings. The second-order valence-corrected chi connectivity index (χ2v) is 4.38. The Bertz CT molecular complexity index is 626. The van der Waals surface area contributed by atoms with Crippen LogP contribution in [-0.2, 0) is 0 Å². The number of rotatable bonds is 2. The summed E-state index contributed by atoms with van der Waals surface area (Å²) in [4.78, 5) is 0. The van der Waals surface area contributed by atoms with Crippen molar-refractivity contribution in [1.29, 1.82) is 0 Å². The SMILES string of the molecule is CNC(C)c1c2ccoc2c(C)c2ccoc12. The molecule has 17 heavy (non-hydrogen) atoms. The highest BCUT2D eigenvalue weighted by Crippen LogP contribution is 2.36. The van der Waals surface area contributed by atoms with E-state index in [0.29, 0.717) is 0 Å². The van der Waals surface area contributed by atoms with Gasteiger partial charge in [0.2, 0.25) is 0 Å². The van der Waals surface area contributed by atoms with Crippen molar-refractivity contribution < 1.29 is 8.83 Å². The van der Waals surface area contributed by atoms with Gasteiger partial charge in [-0.25, -0.2) is 0 Å². The molecule has 3 rings (SSSR count). The molecule has 0 amide bonds. The van der Waals surface area contributed by atoms with Crippen LogP contribution >= 0.6 is 0 Å². The smallest absolute Gasteiger partial charge is 0.139 e. The molecule has 3 heteroatoms. The van der Waals surface area contributed by atoms with Crippen molar-refractivity contribution in [3.8, 4) is 0 Å². The van der Waals surface area contributed by atoms with Gasteiger partial charge in [-0.15, -0.1) is 0 Å². The molecule has 3 aromatic rings. The Morgan fingerprint density at radius 3 is 2.41 bits per heavy atom. The molecule has 0 bridgehead atoms. The summed E-state index contributed by atoms with van der Waals surface area (Å²) in [5.41, 5.74) is 4.22. The van der Waals surface area contributed by atoms with E-state index in [4.69, 9.17) is 8.83 Å². The Hall–Kier alpha value is -1.74. The first-order chi connectivity index (χ1) is 8.24. The van der Waals surface area contributed by atoms with E-state index in [1.165, 1.54) is 5.56 Å². The lowest BCUT2D eigenvalue weighted by molar-refractivity contribution is 0.590. The maximum absolute atomic E-state index is 5.65. The third-order valence-corrected chi connectivity index (χ3v) is 3.48. The molecule has 0 radical (unpaired) electrons. The van der Waals surface area contributed by atoms with Crippen molar-refractivity contribution in [3.05, 3.63) is 35.8 Å². The molecule has 3 nitrogen and oxygen atoms in total. The summed E-state index contributed by atoms with van der Waals surface area (Å²) in [7, 11) is 1.95. The predicted molar refractivity (Wildman–Crippen MR) is 68.2 cm³/mol. The van der Waals surface area contributed by atoms with Crippen LogP contribution in [-0.4, -0.2) is 7.05 Å². The topological polar surface area (TPSA) is 38.3 Å². The van der Waals surface area contributed by atoms with E-state index in [0.717, 1.165) is 27.5 Å². The second-order valence-electron chi connectivity index (χ2n) is 4.38. The van der Waals surface area contributed by atoms with E-state index in [1.807, 2.05) is 19.2 Å². The molecule has 1 aromatic carbocycles. The van der Waals surface area contributed by atoms with Gasteiger partial charge in [-0.2, -0.15) is 0 Å². The van der Waals surface area contributed by atoms with Crippen molar-refractivity contribution in [2.75, 3.05) is 7.05 Å². The van der Waals surface area contributed by atoms with Gasteiger partial charge < -0.3 is 14.2 Å². The first-order valence-electron chi connectivity index (χ1n) is 5.78. The summed E-state index contributed by atoms with van der Waals surface area (Å²) in [6.07, 6.45) is 3.48. The standard InChI is InChI=1S/C14H15NO2/c1-8-10-4-6-17-14(10)12(9(2)15-3)11-5-7-16-13(8)11/h4-7,9,15H,1-3H3. The van der Waals surface area contributed by atoms with Crippen LogP contribution in [0.4, 0.5) is 0 Å². The number of furan rings is 2. The van der Waals surface area contributed by atoms with Crippen molar-refractivity contribution in [3.63, 3.8) is 0 Å². The number of hydrogen-bond donors (Lipinski definition) is 1. The molecule has 0 aliphatic heterocycles. The first kappa shape index (κ1) is 10.4. The minimum Gasteiger partial charge on any atom is -0.464 e. The average molecular weight is 229 g/mol. The molecule has 88 valence electrons. The molecule has 1 atom stereocenters. The molecule has 2 aromatic heterocycles. The zero-order valence-corrected chi connectivity index (χ0v) is 10.2. The van der Waals surface area contributed by atoms with Gasteiger partial charge in [0.25, 0.3) is 0 Å². The van der Waals surface area contributed by atoms with Crippen LogP contribution in [0.1, 0.15) is 24.1 Å². The third kappa shape index (κ3) is 1.32. The summed E-state index contributed by atoms with van der Waals surface area (Å²) in [5.74, 6) is 0. The molecule has 0 aliphatic carbocycles. The highest BCUT2D eigenvalue weighted by molar-refractivity contribution is 6.01. The maximum atomic E-state index is 5.65. The van der Waals surface area contributed by atoms with Crippen LogP contribution in [0.25, 0.3) is 21.9 Å². The molecule has 0 spiro atoms. The van der Waals surface area contributed by atoms with Crippen LogP contribution in [0.2, 0.25) is 0 Å². The Kier molecular flexibility index (Phi) is 2.23. The zero-order chi connectivity index (χ0) is 12.0. The molecule has 1 N–H and O–H groups in total. The summed E-state index contributed by atoms with van der Waals surface area (Å²) in [6.45, 7) is 4.19. The van der Waals surface area contributed by atoms with Gasteiger partial charge in [-0.05, 0) is 33.0 Å². The predicted octanol–water partition coefficient (Wildman–Crippen LogP) is 3.77. The van der Waals surface area contributed by atoms with Crippen molar-refractivity contribution in [2.45, 2.75) is 19.9 Å². The van der Waals surface area contributed by atoms with Gasteiger partial charge in [-0.1, -0.05) is 0 Å². The fraction of sp³-hybridized carbons (Fsp3) is 0.286. The van der Waals surface area contributed by atoms with E-state index >= 15 is 0 Å². The molecular weight excluding hydrogens is 214 g/mol. The third-order valence-electron chi connectivity index (χ3n) is 3.48. The highest BCUT2D eigenvalue weighted by atomic mass is 16.3. The second kappa shape index (κ2) is 3.64. The normalized spacial score (nSPS) is 13.6. The van der Waals surface area contributed by atoms with E-state index in [1.54, 1.807) is 12.5 Å². The molecular formula is C14H15NO2. The molecule has 0 saturated heterocycles. The fourth-order valence-electron chi connectivity index (χ4n) is 2.44. The van der Waals surface area contributed by atoms with Crippen LogP contribution in [0.15, 0.2) is 33.5 Å². The Labute approximate surface area is 99.4 Å². The lowest BCUT2D eigenvalue weighted by Crippen LogP contribution is -2.13. The van der Waals surface area contributed by atoms with Crippen molar-refractivity contribution in [1.82, 2.24) is 5.32 Å². The van der Waals surface area contributed by atoms with Crippen molar-refractivity contribution in [2.24, 2.45) is 0 Å². The monoisotopic (exact) mass is 229 g/mol. The Morgan fingerprint density at radius 2 is 1.71 bits per heavy atom. The molecule has 2 heterocycles. The van der Waals surface area contributed by atoms with E-state index in [2.05, 4.69) is 19.2 Å². The number of benzene rings is 1. The summed E-state index contributed by atoms with van der Waals surface area (Å²) >= 11 is 0. The number of aryl methyl sites for hydroxylation is 1. The minimum absolute atomic E-state index is 0.226. The summed E-state index contributed by atoms with van der Waals surface area (Å²) in [5, 5.41) is 5.52. The van der Waals surface area contributed by atoms with Crippen molar-refractivity contribution >= 4 is 21.9 Å². The summed E-state index contributed by atoms with van der Waals surface area (Å²) in [6, 6.07) is 4.23. The number of hydrogen-bond acceptors (Lipinski definition) is 3. The molecule has 1 unspecified atom stereocenters. The van der Waals surface area contributed by atoms with Gasteiger partial charge in [-0.3, -0.25) is 0 Å². The lowest BCUT2D eigenvalue weighted by Gasteiger charge is -2.13. The fourth-order valence-corrected chi connectivity index (χ4v) is 2.44. The van der Waals surface area contributed by atoms with Crippen LogP contribution in [0, 0.1) is 6.92 Å². The van der Waals surface area contributed by atoms with E-state index < -0.39 is 0 Å². The highest BCUT2D eigenvalue weighted by Gasteiger charge is 2.19. The Balaban J connectivity index is 2.52. The quantitative estimate of drug-likeness (QED) is 0.727. The number of fused-ring (bicyclic) bond motifs is 2. The first-order valence-corrected chi connectivity index (χ1v) is 5.78. The molecule has 0 aliphatic rings. The van der Waals surface area contributed by atoms with Gasteiger partial charge in [0.15, 0.2) is 0 Å². The maximum Gasteiger partial charge on any atom is 0.139 e. The largest absolute Gasteiger partial charge is 0.464 e. The zero-order valence-electron chi connectivity index (χ0n) is 10.2. The van der Waals surface area contributed by atoms with Crippen LogP contribution < -0.4 is 5.32 Å². The average Bonchev–Trinajstić information content (AvgIpc) is 2.96. The van der Waals surface area contributed by atoms with Gasteiger partial charge >= 0.3 is 0 Å². The lowest BCUT2D eigenvalue weighted by atomic mass is 9.98. The van der Waals surface area contributed by atoms with E-state index in [9.17, 15) is 0 Å². The Morgan fingerprint density at radius 1 is 1.06 bits per heavy atom. The van der Waals surface area contributed by atoms with Crippen LogP contribution in [0.3, 0.4) is 0 Å².